The van der Waals surface area contributed by atoms with Gasteiger partial charge in [-0.15, -0.1) is 0 Å². The van der Waals surface area contributed by atoms with Crippen LogP contribution in [0.5, 0.6) is 0 Å². The first-order valence-corrected chi connectivity index (χ1v) is 10.8. The SMILES string of the molecule is Cc1cc(C)c(S(=O)(=O)N2CCCN(C(=O)c3ccccc3F)CC2)c(C)c1. The Balaban J connectivity index is 1.82. The summed E-state index contributed by atoms with van der Waals surface area (Å²) >= 11 is 0. The van der Waals surface area contributed by atoms with Crippen molar-refractivity contribution in [3.63, 3.8) is 0 Å². The van der Waals surface area contributed by atoms with Crippen LogP contribution in [0.25, 0.3) is 0 Å². The Bertz CT molecular complexity index is 981. The summed E-state index contributed by atoms with van der Waals surface area (Å²) in [5, 5.41) is 0. The molecule has 5 nitrogen and oxygen atoms in total. The Kier molecular flexibility index (Phi) is 5.86. The zero-order valence-corrected chi connectivity index (χ0v) is 17.2. The Morgan fingerprint density at radius 2 is 1.61 bits per heavy atom. The van der Waals surface area contributed by atoms with Crippen LogP contribution in [0.3, 0.4) is 0 Å². The number of sulfonamides is 1. The van der Waals surface area contributed by atoms with E-state index in [9.17, 15) is 17.6 Å². The highest BCUT2D eigenvalue weighted by molar-refractivity contribution is 7.89. The third kappa shape index (κ3) is 3.95. The third-order valence-corrected chi connectivity index (χ3v) is 7.25. The van der Waals surface area contributed by atoms with Crippen LogP contribution < -0.4 is 0 Å². The molecule has 1 fully saturated rings. The largest absolute Gasteiger partial charge is 0.337 e. The summed E-state index contributed by atoms with van der Waals surface area (Å²) in [6.07, 6.45) is 0.503. The Morgan fingerprint density at radius 1 is 0.964 bits per heavy atom. The first-order valence-electron chi connectivity index (χ1n) is 9.33. The fourth-order valence-corrected chi connectivity index (χ4v) is 5.73. The number of rotatable bonds is 3. The minimum Gasteiger partial charge on any atom is -0.337 e. The lowest BCUT2D eigenvalue weighted by Gasteiger charge is -2.23. The zero-order valence-electron chi connectivity index (χ0n) is 16.4. The minimum atomic E-state index is -3.66. The lowest BCUT2D eigenvalue weighted by atomic mass is 10.1. The van der Waals surface area contributed by atoms with E-state index >= 15 is 0 Å². The molecule has 1 heterocycles. The highest BCUT2D eigenvalue weighted by atomic mass is 32.2. The highest BCUT2D eigenvalue weighted by Gasteiger charge is 2.31. The number of aryl methyl sites for hydroxylation is 3. The molecule has 0 unspecified atom stereocenters. The summed E-state index contributed by atoms with van der Waals surface area (Å²) in [7, 11) is -3.66. The van der Waals surface area contributed by atoms with E-state index < -0.39 is 21.7 Å². The van der Waals surface area contributed by atoms with Crippen LogP contribution in [-0.4, -0.2) is 49.7 Å². The van der Waals surface area contributed by atoms with Crippen LogP contribution in [0.15, 0.2) is 41.3 Å². The van der Waals surface area contributed by atoms with Crippen LogP contribution in [0.1, 0.15) is 33.5 Å². The number of carbonyl (C=O) groups excluding carboxylic acids is 1. The molecular weight excluding hydrogens is 379 g/mol. The normalized spacial score (nSPS) is 16.1. The van der Waals surface area contributed by atoms with Crippen molar-refractivity contribution in [3.05, 3.63) is 64.5 Å². The number of hydrogen-bond acceptors (Lipinski definition) is 3. The van der Waals surface area contributed by atoms with E-state index in [1.807, 2.05) is 19.1 Å². The molecule has 150 valence electrons. The molecule has 1 amide bonds. The van der Waals surface area contributed by atoms with Gasteiger partial charge >= 0.3 is 0 Å². The highest BCUT2D eigenvalue weighted by Crippen LogP contribution is 2.26. The molecule has 7 heteroatoms. The van der Waals surface area contributed by atoms with E-state index in [4.69, 9.17) is 0 Å². The number of halogens is 1. The molecule has 0 atom stereocenters. The molecular formula is C21H25FN2O3S. The van der Waals surface area contributed by atoms with Gasteiger partial charge in [-0.3, -0.25) is 4.79 Å². The van der Waals surface area contributed by atoms with Gasteiger partial charge < -0.3 is 4.90 Å². The minimum absolute atomic E-state index is 0.0176. The first kappa shape index (κ1) is 20.5. The second kappa shape index (κ2) is 8.01. The number of hydrogen-bond donors (Lipinski definition) is 0. The molecule has 0 bridgehead atoms. The summed E-state index contributed by atoms with van der Waals surface area (Å²) in [6.45, 7) is 6.69. The lowest BCUT2D eigenvalue weighted by Crippen LogP contribution is -2.38. The van der Waals surface area contributed by atoms with Crippen LogP contribution in [0.4, 0.5) is 4.39 Å². The van der Waals surface area contributed by atoms with Crippen molar-refractivity contribution < 1.29 is 17.6 Å². The van der Waals surface area contributed by atoms with Crippen molar-refractivity contribution >= 4 is 15.9 Å². The molecule has 0 radical (unpaired) electrons. The van der Waals surface area contributed by atoms with E-state index in [1.165, 1.54) is 27.4 Å². The average Bonchev–Trinajstić information content (AvgIpc) is 2.87. The maximum Gasteiger partial charge on any atom is 0.256 e. The van der Waals surface area contributed by atoms with Gasteiger partial charge in [-0.2, -0.15) is 4.31 Å². The van der Waals surface area contributed by atoms with Crippen LogP contribution in [0, 0.1) is 26.6 Å². The van der Waals surface area contributed by atoms with Gasteiger partial charge in [-0.05, 0) is 50.5 Å². The maximum absolute atomic E-state index is 14.0. The van der Waals surface area contributed by atoms with E-state index in [0.29, 0.717) is 24.4 Å². The van der Waals surface area contributed by atoms with Gasteiger partial charge in [0.15, 0.2) is 0 Å². The van der Waals surface area contributed by atoms with Crippen LogP contribution in [-0.2, 0) is 10.0 Å². The summed E-state index contributed by atoms with van der Waals surface area (Å²) in [6, 6.07) is 9.60. The standard InChI is InChI=1S/C21H25FN2O3S/c1-15-13-16(2)20(17(3)14-15)28(26,27)24-10-6-9-23(11-12-24)21(25)18-7-4-5-8-19(18)22/h4-5,7-8,13-14H,6,9-12H2,1-3H3. The summed E-state index contributed by atoms with van der Waals surface area (Å²) in [5.41, 5.74) is 2.48. The molecule has 3 rings (SSSR count). The van der Waals surface area contributed by atoms with Crippen molar-refractivity contribution in [1.29, 1.82) is 0 Å². The molecule has 2 aromatic carbocycles. The predicted octanol–water partition coefficient (Wildman–Crippen LogP) is 3.29. The second-order valence-electron chi connectivity index (χ2n) is 7.26. The molecule has 0 aromatic heterocycles. The fraction of sp³-hybridized carbons (Fsp3) is 0.381. The Morgan fingerprint density at radius 3 is 2.25 bits per heavy atom. The molecule has 0 spiro atoms. The van der Waals surface area contributed by atoms with Gasteiger partial charge in [0.2, 0.25) is 10.0 Å². The van der Waals surface area contributed by atoms with Crippen molar-refractivity contribution in [1.82, 2.24) is 9.21 Å². The van der Waals surface area contributed by atoms with Gasteiger partial charge in [0.25, 0.3) is 5.91 Å². The van der Waals surface area contributed by atoms with Gasteiger partial charge in [0.05, 0.1) is 10.5 Å². The summed E-state index contributed by atoms with van der Waals surface area (Å²) in [5.74, 6) is -0.966. The monoisotopic (exact) mass is 404 g/mol. The van der Waals surface area contributed by atoms with Gasteiger partial charge in [0, 0.05) is 26.2 Å². The second-order valence-corrected chi connectivity index (χ2v) is 9.13. The van der Waals surface area contributed by atoms with Crippen LogP contribution in [0.2, 0.25) is 0 Å². The van der Waals surface area contributed by atoms with Crippen molar-refractivity contribution in [2.75, 3.05) is 26.2 Å². The molecule has 28 heavy (non-hydrogen) atoms. The van der Waals surface area contributed by atoms with Crippen molar-refractivity contribution in [2.45, 2.75) is 32.1 Å². The topological polar surface area (TPSA) is 57.7 Å². The zero-order chi connectivity index (χ0) is 20.5. The van der Waals surface area contributed by atoms with Gasteiger partial charge in [0.1, 0.15) is 5.82 Å². The molecule has 1 aliphatic rings. The Labute approximate surface area is 165 Å². The molecule has 0 saturated carbocycles. The molecule has 1 aliphatic heterocycles. The molecule has 2 aromatic rings. The molecule has 0 aliphatic carbocycles. The quantitative estimate of drug-likeness (QED) is 0.789. The molecule has 0 N–H and O–H groups in total. The summed E-state index contributed by atoms with van der Waals surface area (Å²) < 4.78 is 41.9. The Hall–Kier alpha value is -2.25. The van der Waals surface area contributed by atoms with Crippen molar-refractivity contribution in [2.24, 2.45) is 0 Å². The molecule has 1 saturated heterocycles. The fourth-order valence-electron chi connectivity index (χ4n) is 3.84. The number of amides is 1. The van der Waals surface area contributed by atoms with E-state index in [2.05, 4.69) is 0 Å². The average molecular weight is 405 g/mol. The first-order chi connectivity index (χ1) is 13.2. The summed E-state index contributed by atoms with van der Waals surface area (Å²) in [4.78, 5) is 14.5. The van der Waals surface area contributed by atoms with E-state index in [1.54, 1.807) is 19.9 Å². The van der Waals surface area contributed by atoms with Gasteiger partial charge in [-0.1, -0.05) is 29.8 Å². The predicted molar refractivity (Wildman–Crippen MR) is 106 cm³/mol. The number of benzene rings is 2. The lowest BCUT2D eigenvalue weighted by molar-refractivity contribution is 0.0759. The van der Waals surface area contributed by atoms with E-state index in [0.717, 1.165) is 16.7 Å². The number of carbonyl (C=O) groups is 1. The number of nitrogens with zero attached hydrogens (tertiary/aromatic N) is 2. The van der Waals surface area contributed by atoms with Gasteiger partial charge in [-0.25, -0.2) is 12.8 Å². The third-order valence-electron chi connectivity index (χ3n) is 5.05. The van der Waals surface area contributed by atoms with Crippen molar-refractivity contribution in [3.8, 4) is 0 Å². The van der Waals surface area contributed by atoms with Crippen LogP contribution >= 0.6 is 0 Å². The maximum atomic E-state index is 14.0. The van der Waals surface area contributed by atoms with E-state index in [-0.39, 0.29) is 18.7 Å². The smallest absolute Gasteiger partial charge is 0.256 e.